The van der Waals surface area contributed by atoms with E-state index in [0.717, 1.165) is 17.6 Å². The topological polar surface area (TPSA) is 75.7 Å². The van der Waals surface area contributed by atoms with E-state index in [1.165, 1.54) is 4.31 Å². The SMILES string of the molecule is CC(C)Oc1ccc(CNC(=O)c2ccc(CN(c3cccc(Cl)c3Cl)S(C)(=O)=O)cc2)cc1. The molecular weight excluding hydrogens is 495 g/mol. The molecule has 0 saturated heterocycles. The highest BCUT2D eigenvalue weighted by Crippen LogP contribution is 2.34. The number of benzene rings is 3. The van der Waals surface area contributed by atoms with Crippen LogP contribution in [0.15, 0.2) is 66.7 Å². The standard InChI is InChI=1S/C25H26Cl2N2O4S/c1-17(2)33-21-13-9-18(10-14-21)15-28-25(30)20-11-7-19(8-12-20)16-29(34(3,31)32)23-6-4-5-22(26)24(23)27/h4-14,17H,15-16H2,1-3H3,(H,28,30). The van der Waals surface area contributed by atoms with E-state index in [4.69, 9.17) is 27.9 Å². The molecule has 0 fully saturated rings. The molecule has 6 nitrogen and oxygen atoms in total. The molecule has 9 heteroatoms. The zero-order valence-electron chi connectivity index (χ0n) is 19.1. The molecular formula is C25H26Cl2N2O4S. The van der Waals surface area contributed by atoms with Gasteiger partial charge in [-0.3, -0.25) is 9.10 Å². The lowest BCUT2D eigenvalue weighted by Crippen LogP contribution is -2.29. The third-order valence-electron chi connectivity index (χ3n) is 4.89. The number of sulfonamides is 1. The lowest BCUT2D eigenvalue weighted by molar-refractivity contribution is 0.0951. The number of nitrogens with one attached hydrogen (secondary N) is 1. The van der Waals surface area contributed by atoms with Crippen molar-refractivity contribution < 1.29 is 17.9 Å². The Bertz CT molecular complexity index is 1240. The normalized spacial score (nSPS) is 11.4. The average Bonchev–Trinajstić information content (AvgIpc) is 2.78. The number of nitrogens with zero attached hydrogens (tertiary/aromatic N) is 1. The summed E-state index contributed by atoms with van der Waals surface area (Å²) in [5.41, 5.74) is 2.40. The maximum atomic E-state index is 12.6. The Morgan fingerprint density at radius 2 is 1.59 bits per heavy atom. The lowest BCUT2D eigenvalue weighted by Gasteiger charge is -2.24. The van der Waals surface area contributed by atoms with Gasteiger partial charge in [-0.15, -0.1) is 0 Å². The summed E-state index contributed by atoms with van der Waals surface area (Å²) in [4.78, 5) is 12.6. The molecule has 0 aliphatic heterocycles. The molecule has 0 spiro atoms. The second-order valence-corrected chi connectivity index (χ2v) is 10.7. The highest BCUT2D eigenvalue weighted by atomic mass is 35.5. The molecule has 3 aromatic carbocycles. The molecule has 0 radical (unpaired) electrons. The van der Waals surface area contributed by atoms with Crippen molar-refractivity contribution >= 4 is 44.8 Å². The monoisotopic (exact) mass is 520 g/mol. The summed E-state index contributed by atoms with van der Waals surface area (Å²) < 4.78 is 31.6. The number of hydrogen-bond acceptors (Lipinski definition) is 4. The molecule has 0 aromatic heterocycles. The van der Waals surface area contributed by atoms with Crippen LogP contribution in [-0.4, -0.2) is 26.7 Å². The first kappa shape index (κ1) is 25.9. The number of amides is 1. The predicted octanol–water partition coefficient (Wildman–Crippen LogP) is 5.68. The van der Waals surface area contributed by atoms with Gasteiger partial charge in [0.2, 0.25) is 10.0 Å². The summed E-state index contributed by atoms with van der Waals surface area (Å²) in [7, 11) is -3.63. The van der Waals surface area contributed by atoms with E-state index in [-0.39, 0.29) is 28.6 Å². The van der Waals surface area contributed by atoms with Gasteiger partial charge in [0.15, 0.2) is 0 Å². The highest BCUT2D eigenvalue weighted by molar-refractivity contribution is 7.92. The summed E-state index contributed by atoms with van der Waals surface area (Å²) in [6, 6.07) is 19.1. The van der Waals surface area contributed by atoms with Crippen molar-refractivity contribution in [2.45, 2.75) is 33.0 Å². The van der Waals surface area contributed by atoms with Crippen LogP contribution in [0.4, 0.5) is 5.69 Å². The van der Waals surface area contributed by atoms with E-state index in [0.29, 0.717) is 23.4 Å². The number of carbonyl (C=O) groups is 1. The first-order chi connectivity index (χ1) is 16.0. The van der Waals surface area contributed by atoms with E-state index >= 15 is 0 Å². The highest BCUT2D eigenvalue weighted by Gasteiger charge is 2.21. The van der Waals surface area contributed by atoms with Crippen LogP contribution in [0.5, 0.6) is 5.75 Å². The Morgan fingerprint density at radius 3 is 2.18 bits per heavy atom. The maximum absolute atomic E-state index is 12.6. The summed E-state index contributed by atoms with van der Waals surface area (Å²) in [5.74, 6) is 0.551. The van der Waals surface area contributed by atoms with Gasteiger partial charge in [-0.1, -0.05) is 53.5 Å². The van der Waals surface area contributed by atoms with Gasteiger partial charge in [0.25, 0.3) is 5.91 Å². The molecule has 3 aromatic rings. The smallest absolute Gasteiger partial charge is 0.251 e. The minimum absolute atomic E-state index is 0.0472. The number of hydrogen-bond donors (Lipinski definition) is 1. The molecule has 34 heavy (non-hydrogen) atoms. The van der Waals surface area contributed by atoms with Gasteiger partial charge in [-0.2, -0.15) is 0 Å². The van der Waals surface area contributed by atoms with Gasteiger partial charge in [-0.25, -0.2) is 8.42 Å². The molecule has 0 unspecified atom stereocenters. The molecule has 3 rings (SSSR count). The van der Waals surface area contributed by atoms with Crippen molar-refractivity contribution in [2.75, 3.05) is 10.6 Å². The van der Waals surface area contributed by atoms with E-state index in [2.05, 4.69) is 5.32 Å². The van der Waals surface area contributed by atoms with E-state index < -0.39 is 10.0 Å². The Balaban J connectivity index is 1.66. The van der Waals surface area contributed by atoms with Crippen LogP contribution in [-0.2, 0) is 23.1 Å². The van der Waals surface area contributed by atoms with Crippen molar-refractivity contribution in [2.24, 2.45) is 0 Å². The van der Waals surface area contributed by atoms with E-state index in [1.807, 2.05) is 38.1 Å². The van der Waals surface area contributed by atoms with Crippen LogP contribution in [0.2, 0.25) is 10.0 Å². The lowest BCUT2D eigenvalue weighted by atomic mass is 10.1. The fraction of sp³-hybridized carbons (Fsp3) is 0.240. The van der Waals surface area contributed by atoms with Crippen LogP contribution in [0.25, 0.3) is 0 Å². The van der Waals surface area contributed by atoms with Crippen LogP contribution >= 0.6 is 23.2 Å². The molecule has 0 aliphatic rings. The van der Waals surface area contributed by atoms with Crippen molar-refractivity contribution in [3.63, 3.8) is 0 Å². The third-order valence-corrected chi connectivity index (χ3v) is 6.83. The van der Waals surface area contributed by atoms with Crippen molar-refractivity contribution in [1.29, 1.82) is 0 Å². The molecule has 1 amide bonds. The third kappa shape index (κ3) is 6.88. The fourth-order valence-electron chi connectivity index (χ4n) is 3.24. The van der Waals surface area contributed by atoms with Crippen molar-refractivity contribution in [3.8, 4) is 5.75 Å². The molecule has 1 N–H and O–H groups in total. The summed E-state index contributed by atoms with van der Waals surface area (Å²) in [5, 5.41) is 3.31. The van der Waals surface area contributed by atoms with Gasteiger partial charge < -0.3 is 10.1 Å². The van der Waals surface area contributed by atoms with Crippen molar-refractivity contribution in [3.05, 3.63) is 93.5 Å². The van der Waals surface area contributed by atoms with Gasteiger partial charge in [0.1, 0.15) is 5.75 Å². The summed E-state index contributed by atoms with van der Waals surface area (Å²) in [6.07, 6.45) is 1.20. The largest absolute Gasteiger partial charge is 0.491 e. The van der Waals surface area contributed by atoms with Crippen LogP contribution in [0.3, 0.4) is 0 Å². The second kappa shape index (κ2) is 11.1. The van der Waals surface area contributed by atoms with E-state index in [1.54, 1.807) is 42.5 Å². The molecule has 180 valence electrons. The maximum Gasteiger partial charge on any atom is 0.251 e. The van der Waals surface area contributed by atoms with Gasteiger partial charge in [-0.05, 0) is 61.4 Å². The van der Waals surface area contributed by atoms with Crippen LogP contribution in [0.1, 0.15) is 35.3 Å². The number of ether oxygens (including phenoxy) is 1. The Hall–Kier alpha value is -2.74. The first-order valence-electron chi connectivity index (χ1n) is 10.6. The fourth-order valence-corrected chi connectivity index (χ4v) is 4.58. The number of rotatable bonds is 9. The second-order valence-electron chi connectivity index (χ2n) is 8.03. The molecule has 0 aliphatic carbocycles. The zero-order chi connectivity index (χ0) is 24.9. The Kier molecular flexibility index (Phi) is 8.47. The quantitative estimate of drug-likeness (QED) is 0.393. The average molecular weight is 521 g/mol. The Labute approximate surface area is 210 Å². The van der Waals surface area contributed by atoms with Crippen LogP contribution in [0, 0.1) is 0 Å². The summed E-state index contributed by atoms with van der Waals surface area (Å²) in [6.45, 7) is 4.35. The summed E-state index contributed by atoms with van der Waals surface area (Å²) >= 11 is 12.3. The predicted molar refractivity (Wildman–Crippen MR) is 137 cm³/mol. The molecule has 0 saturated carbocycles. The van der Waals surface area contributed by atoms with Gasteiger partial charge in [0.05, 0.1) is 34.6 Å². The first-order valence-corrected chi connectivity index (χ1v) is 13.2. The Morgan fingerprint density at radius 1 is 0.971 bits per heavy atom. The molecule has 0 heterocycles. The van der Waals surface area contributed by atoms with Crippen LogP contribution < -0.4 is 14.4 Å². The zero-order valence-corrected chi connectivity index (χ0v) is 21.4. The number of halogens is 2. The molecule has 0 atom stereocenters. The van der Waals surface area contributed by atoms with E-state index in [9.17, 15) is 13.2 Å². The van der Waals surface area contributed by atoms with Gasteiger partial charge in [0, 0.05) is 12.1 Å². The molecule has 0 bridgehead atoms. The van der Waals surface area contributed by atoms with Gasteiger partial charge >= 0.3 is 0 Å². The number of anilines is 1. The van der Waals surface area contributed by atoms with Crippen molar-refractivity contribution in [1.82, 2.24) is 5.32 Å². The number of carbonyl (C=O) groups excluding carboxylic acids is 1. The minimum Gasteiger partial charge on any atom is -0.491 e. The minimum atomic E-state index is -3.63.